The summed E-state index contributed by atoms with van der Waals surface area (Å²) < 4.78 is 36.0. The number of nitrogen functional groups attached to an aromatic ring is 1. The zero-order valence-electron chi connectivity index (χ0n) is 19.8. The fraction of sp³-hybridized carbons (Fsp3) is 0.333. The van der Waals surface area contributed by atoms with Crippen LogP contribution in [-0.2, 0) is 11.2 Å². The van der Waals surface area contributed by atoms with Crippen LogP contribution in [0.2, 0.25) is 0 Å². The summed E-state index contributed by atoms with van der Waals surface area (Å²) in [6, 6.07) is 11.7. The number of amides is 1. The van der Waals surface area contributed by atoms with E-state index in [0.29, 0.717) is 55.3 Å². The number of morpholine rings is 1. The van der Waals surface area contributed by atoms with Gasteiger partial charge in [0.05, 0.1) is 12.7 Å². The van der Waals surface area contributed by atoms with Crippen LogP contribution in [0.4, 0.5) is 20.3 Å². The van der Waals surface area contributed by atoms with E-state index in [-0.39, 0.29) is 29.0 Å². The molecule has 0 radical (unpaired) electrons. The molecule has 1 atom stereocenters. The number of nitrogens with zero attached hydrogens (tertiary/aromatic N) is 2. The van der Waals surface area contributed by atoms with E-state index < -0.39 is 11.8 Å². The minimum atomic E-state index is -0.832. The normalized spacial score (nSPS) is 17.9. The first-order chi connectivity index (χ1) is 16.8. The minimum absolute atomic E-state index is 0.0107. The molecule has 3 aromatic rings. The van der Waals surface area contributed by atoms with Crippen LogP contribution in [-0.4, -0.2) is 43.2 Å². The highest BCUT2D eigenvalue weighted by atomic mass is 19.1. The van der Waals surface area contributed by atoms with Crippen molar-refractivity contribution < 1.29 is 18.3 Å². The van der Waals surface area contributed by atoms with Crippen molar-refractivity contribution in [3.8, 4) is 22.3 Å². The van der Waals surface area contributed by atoms with Gasteiger partial charge in [-0.2, -0.15) is 4.39 Å². The van der Waals surface area contributed by atoms with E-state index in [1.165, 1.54) is 12.1 Å². The number of rotatable bonds is 4. The topological polar surface area (TPSA) is 80.5 Å². The number of aromatic nitrogens is 1. The molecule has 1 amide bonds. The number of carbonyl (C=O) groups excluding carboxylic acids is 1. The predicted molar refractivity (Wildman–Crippen MR) is 132 cm³/mol. The average Bonchev–Trinajstić information content (AvgIpc) is 2.84. The third kappa shape index (κ3) is 4.46. The number of nitrogens with two attached hydrogens (primary N) is 1. The largest absolute Gasteiger partial charge is 0.383 e. The molecule has 0 saturated carbocycles. The molecule has 35 heavy (non-hydrogen) atoms. The fourth-order valence-electron chi connectivity index (χ4n) is 4.75. The molecule has 1 aromatic heterocycles. The van der Waals surface area contributed by atoms with Gasteiger partial charge in [-0.05, 0) is 53.8 Å². The molecule has 1 saturated heterocycles. The zero-order valence-corrected chi connectivity index (χ0v) is 19.8. The molecule has 0 aliphatic carbocycles. The first-order valence-corrected chi connectivity index (χ1v) is 11.9. The summed E-state index contributed by atoms with van der Waals surface area (Å²) in [5, 5.41) is 2.81. The van der Waals surface area contributed by atoms with Gasteiger partial charge in [-0.1, -0.05) is 26.0 Å². The monoisotopic (exact) mass is 478 g/mol. The van der Waals surface area contributed by atoms with Crippen LogP contribution in [0.25, 0.3) is 22.3 Å². The van der Waals surface area contributed by atoms with Crippen LogP contribution in [0, 0.1) is 17.7 Å². The number of halogens is 2. The number of anilines is 2. The fourth-order valence-corrected chi connectivity index (χ4v) is 4.75. The van der Waals surface area contributed by atoms with E-state index in [2.05, 4.69) is 29.0 Å². The number of benzene rings is 2. The van der Waals surface area contributed by atoms with Gasteiger partial charge in [-0.3, -0.25) is 4.79 Å². The van der Waals surface area contributed by atoms with Gasteiger partial charge in [-0.15, -0.1) is 0 Å². The standard InChI is InChI=1S/C27H28F2N4O2/c1-15(2)24-14-33(9-10-35-24)18-4-6-20(23(28)12-18)22-13-21(26(30)32-25(22)29)16-3-5-19-17(11-16)7-8-31-27(19)34/h3-6,11-13,15,24H,7-10,14H2,1-2H3,(H2,30,32)(H,31,34)/t24-/m0/s1. The Morgan fingerprint density at radius 1 is 1.09 bits per heavy atom. The van der Waals surface area contributed by atoms with Gasteiger partial charge >= 0.3 is 0 Å². The Balaban J connectivity index is 1.49. The maximum Gasteiger partial charge on any atom is 0.251 e. The van der Waals surface area contributed by atoms with Gasteiger partial charge < -0.3 is 20.7 Å². The molecule has 1 fully saturated rings. The number of hydrogen-bond donors (Lipinski definition) is 2. The second-order valence-corrected chi connectivity index (χ2v) is 9.40. The summed E-state index contributed by atoms with van der Waals surface area (Å²) in [4.78, 5) is 18.0. The lowest BCUT2D eigenvalue weighted by Gasteiger charge is -2.36. The van der Waals surface area contributed by atoms with Crippen molar-refractivity contribution in [2.24, 2.45) is 5.92 Å². The molecule has 2 aromatic carbocycles. The Morgan fingerprint density at radius 3 is 2.66 bits per heavy atom. The summed E-state index contributed by atoms with van der Waals surface area (Å²) in [6.07, 6.45) is 0.765. The predicted octanol–water partition coefficient (Wildman–Crippen LogP) is 4.42. The van der Waals surface area contributed by atoms with Gasteiger partial charge in [0.15, 0.2) is 0 Å². The van der Waals surface area contributed by atoms with Crippen molar-refractivity contribution in [2.45, 2.75) is 26.4 Å². The van der Waals surface area contributed by atoms with E-state index in [1.807, 2.05) is 6.07 Å². The molecule has 5 rings (SSSR count). The van der Waals surface area contributed by atoms with Crippen molar-refractivity contribution in [1.29, 1.82) is 0 Å². The molecule has 3 heterocycles. The molecule has 2 aliphatic heterocycles. The molecule has 3 N–H and O–H groups in total. The maximum absolute atomic E-state index is 15.3. The van der Waals surface area contributed by atoms with Crippen LogP contribution in [0.5, 0.6) is 0 Å². The van der Waals surface area contributed by atoms with E-state index in [4.69, 9.17) is 10.5 Å². The Morgan fingerprint density at radius 2 is 1.89 bits per heavy atom. The van der Waals surface area contributed by atoms with Crippen molar-refractivity contribution in [3.05, 3.63) is 65.4 Å². The molecule has 8 heteroatoms. The number of ether oxygens (including phenoxy) is 1. The smallest absolute Gasteiger partial charge is 0.251 e. The van der Waals surface area contributed by atoms with Crippen molar-refractivity contribution in [1.82, 2.24) is 10.3 Å². The Labute approximate surface area is 203 Å². The van der Waals surface area contributed by atoms with E-state index in [0.717, 1.165) is 11.3 Å². The molecular formula is C27H28F2N4O2. The van der Waals surface area contributed by atoms with Crippen LogP contribution >= 0.6 is 0 Å². The zero-order chi connectivity index (χ0) is 24.7. The second kappa shape index (κ2) is 9.26. The highest BCUT2D eigenvalue weighted by molar-refractivity contribution is 5.97. The minimum Gasteiger partial charge on any atom is -0.383 e. The van der Waals surface area contributed by atoms with Gasteiger partial charge in [0.1, 0.15) is 11.6 Å². The molecule has 0 unspecified atom stereocenters. The Kier molecular flexibility index (Phi) is 6.15. The second-order valence-electron chi connectivity index (χ2n) is 9.40. The highest BCUT2D eigenvalue weighted by Crippen LogP contribution is 2.35. The number of nitrogens with one attached hydrogen (secondary N) is 1. The summed E-state index contributed by atoms with van der Waals surface area (Å²) in [5.41, 5.74) is 9.64. The number of pyridine rings is 1. The lowest BCUT2D eigenvalue weighted by Crippen LogP contribution is -2.44. The van der Waals surface area contributed by atoms with Crippen molar-refractivity contribution in [3.63, 3.8) is 0 Å². The van der Waals surface area contributed by atoms with Crippen LogP contribution in [0.3, 0.4) is 0 Å². The van der Waals surface area contributed by atoms with E-state index >= 15 is 4.39 Å². The van der Waals surface area contributed by atoms with E-state index in [9.17, 15) is 9.18 Å². The van der Waals surface area contributed by atoms with Gasteiger partial charge in [0, 0.05) is 47.6 Å². The van der Waals surface area contributed by atoms with Gasteiger partial charge in [0.25, 0.3) is 5.91 Å². The van der Waals surface area contributed by atoms with Crippen LogP contribution in [0.1, 0.15) is 29.8 Å². The first-order valence-electron chi connectivity index (χ1n) is 11.9. The average molecular weight is 479 g/mol. The summed E-state index contributed by atoms with van der Waals surface area (Å²) in [6.45, 7) is 6.67. The molecule has 0 spiro atoms. The van der Waals surface area contributed by atoms with Crippen molar-refractivity contribution in [2.75, 3.05) is 36.9 Å². The van der Waals surface area contributed by atoms with Crippen molar-refractivity contribution >= 4 is 17.4 Å². The highest BCUT2D eigenvalue weighted by Gasteiger charge is 2.25. The molecule has 182 valence electrons. The molecule has 2 aliphatic rings. The summed E-state index contributed by atoms with van der Waals surface area (Å²) in [5.74, 6) is -1.12. The van der Waals surface area contributed by atoms with Gasteiger partial charge in [-0.25, -0.2) is 9.37 Å². The lowest BCUT2D eigenvalue weighted by molar-refractivity contribution is 0.0114. The number of hydrogen-bond acceptors (Lipinski definition) is 5. The molecule has 6 nitrogen and oxygen atoms in total. The summed E-state index contributed by atoms with van der Waals surface area (Å²) in [7, 11) is 0. The SMILES string of the molecule is CC(C)[C@@H]1CN(c2ccc(-c3cc(-c4ccc5c(c4)CCNC5=O)c(N)nc3F)c(F)c2)CCO1. The Hall–Kier alpha value is -3.52. The lowest BCUT2D eigenvalue weighted by atomic mass is 9.94. The third-order valence-corrected chi connectivity index (χ3v) is 6.79. The first kappa shape index (κ1) is 23.2. The molecular weight excluding hydrogens is 450 g/mol. The number of fused-ring (bicyclic) bond motifs is 1. The number of carbonyl (C=O) groups is 1. The quantitative estimate of drug-likeness (QED) is 0.543. The summed E-state index contributed by atoms with van der Waals surface area (Å²) >= 11 is 0. The Bertz CT molecular complexity index is 1290. The van der Waals surface area contributed by atoms with E-state index in [1.54, 1.807) is 24.3 Å². The molecule has 0 bridgehead atoms. The third-order valence-electron chi connectivity index (χ3n) is 6.79. The maximum atomic E-state index is 15.3. The van der Waals surface area contributed by atoms with Crippen LogP contribution in [0.15, 0.2) is 42.5 Å². The van der Waals surface area contributed by atoms with Crippen LogP contribution < -0.4 is 16.0 Å². The van der Waals surface area contributed by atoms with Gasteiger partial charge in [0.2, 0.25) is 5.95 Å².